The lowest BCUT2D eigenvalue weighted by atomic mass is 10.1. The summed E-state index contributed by atoms with van der Waals surface area (Å²) in [4.78, 5) is 10.8. The van der Waals surface area contributed by atoms with Crippen molar-refractivity contribution in [2.75, 3.05) is 13.7 Å². The Labute approximate surface area is 156 Å². The van der Waals surface area contributed by atoms with Crippen LogP contribution in [-0.2, 0) is 14.8 Å². The Morgan fingerprint density at radius 1 is 1.19 bits per heavy atom. The maximum absolute atomic E-state index is 11.9. The van der Waals surface area contributed by atoms with Gasteiger partial charge in [-0.25, -0.2) is 17.9 Å². The molecule has 0 saturated heterocycles. The number of rotatable bonds is 5. The van der Waals surface area contributed by atoms with Gasteiger partial charge in [0.2, 0.25) is 10.0 Å². The van der Waals surface area contributed by atoms with Crippen molar-refractivity contribution in [2.24, 2.45) is 0 Å². The van der Waals surface area contributed by atoms with Crippen LogP contribution in [0.3, 0.4) is 0 Å². The molecule has 0 fully saturated rings. The summed E-state index contributed by atoms with van der Waals surface area (Å²) >= 11 is 5.97. The van der Waals surface area contributed by atoms with Crippen LogP contribution in [0.2, 0.25) is 5.02 Å². The fourth-order valence-electron chi connectivity index (χ4n) is 2.02. The minimum Gasteiger partial charge on any atom is -0.481 e. The van der Waals surface area contributed by atoms with Crippen molar-refractivity contribution in [3.63, 3.8) is 0 Å². The molecule has 0 saturated carbocycles. The van der Waals surface area contributed by atoms with Crippen LogP contribution in [0.1, 0.15) is 16.7 Å². The Kier molecular flexibility index (Phi) is 6.27. The van der Waals surface area contributed by atoms with Crippen LogP contribution in [0.4, 0.5) is 0 Å². The van der Waals surface area contributed by atoms with Crippen LogP contribution in [0, 0.1) is 18.8 Å². The number of sulfonamides is 1. The Balaban J connectivity index is 2.45. The van der Waals surface area contributed by atoms with Gasteiger partial charge >= 0.3 is 5.97 Å². The minimum absolute atomic E-state index is 0.100. The van der Waals surface area contributed by atoms with E-state index in [9.17, 15) is 13.2 Å². The Hall–Kier alpha value is -2.53. The van der Waals surface area contributed by atoms with Gasteiger partial charge in [-0.3, -0.25) is 0 Å². The zero-order valence-corrected chi connectivity index (χ0v) is 15.6. The lowest BCUT2D eigenvalue weighted by Gasteiger charge is -2.07. The zero-order chi connectivity index (χ0) is 19.3. The third-order valence-corrected chi connectivity index (χ3v) is 5.06. The van der Waals surface area contributed by atoms with Crippen LogP contribution in [-0.4, -0.2) is 33.1 Å². The van der Waals surface area contributed by atoms with Gasteiger partial charge in [0.1, 0.15) is 5.75 Å². The molecule has 0 aliphatic carbocycles. The van der Waals surface area contributed by atoms with Crippen molar-refractivity contribution >= 4 is 27.6 Å². The predicted molar refractivity (Wildman–Crippen MR) is 98.0 cm³/mol. The van der Waals surface area contributed by atoms with E-state index in [1.807, 2.05) is 0 Å². The molecule has 0 heterocycles. The summed E-state index contributed by atoms with van der Waals surface area (Å²) in [7, 11) is -2.25. The van der Waals surface area contributed by atoms with Crippen molar-refractivity contribution in [3.8, 4) is 17.6 Å². The van der Waals surface area contributed by atoms with Gasteiger partial charge in [0.15, 0.2) is 6.61 Å². The molecule has 0 spiro atoms. The molecule has 136 valence electrons. The SMILES string of the molecule is CNS(=O)(=O)c1ccc(C)c(C#Cc2cc(Cl)ccc2OCC(=O)O)c1. The van der Waals surface area contributed by atoms with Crippen LogP contribution in [0.15, 0.2) is 41.3 Å². The van der Waals surface area contributed by atoms with Gasteiger partial charge < -0.3 is 9.84 Å². The molecule has 0 bridgehead atoms. The molecule has 2 N–H and O–H groups in total. The van der Waals surface area contributed by atoms with Crippen molar-refractivity contribution in [1.82, 2.24) is 4.72 Å². The molecule has 2 aromatic rings. The van der Waals surface area contributed by atoms with Gasteiger partial charge in [0.25, 0.3) is 0 Å². The molecule has 2 rings (SSSR count). The molecule has 0 aliphatic heterocycles. The molecule has 0 unspecified atom stereocenters. The molecule has 0 aromatic heterocycles. The number of carbonyl (C=O) groups is 1. The van der Waals surface area contributed by atoms with E-state index >= 15 is 0 Å². The van der Waals surface area contributed by atoms with Crippen molar-refractivity contribution < 1.29 is 23.1 Å². The average Bonchev–Trinajstić information content (AvgIpc) is 2.59. The lowest BCUT2D eigenvalue weighted by molar-refractivity contribution is -0.139. The zero-order valence-electron chi connectivity index (χ0n) is 14.0. The standard InChI is InChI=1S/C18H16ClNO5S/c1-12-3-7-16(26(23,24)20-2)10-13(12)4-5-14-9-15(19)6-8-17(14)25-11-18(21)22/h3,6-10,20H,11H2,1-2H3,(H,21,22). The Morgan fingerprint density at radius 2 is 1.88 bits per heavy atom. The number of hydrogen-bond acceptors (Lipinski definition) is 4. The molecular weight excluding hydrogens is 378 g/mol. The average molecular weight is 394 g/mol. The Bertz CT molecular complexity index is 1010. The van der Waals surface area contributed by atoms with Crippen LogP contribution in [0.5, 0.6) is 5.75 Å². The molecule has 0 aliphatic rings. The summed E-state index contributed by atoms with van der Waals surface area (Å²) < 4.78 is 31.3. The quantitative estimate of drug-likeness (QED) is 0.761. The molecule has 0 atom stereocenters. The molecule has 2 aromatic carbocycles. The highest BCUT2D eigenvalue weighted by Crippen LogP contribution is 2.22. The summed E-state index contributed by atoms with van der Waals surface area (Å²) in [5.41, 5.74) is 1.72. The van der Waals surface area contributed by atoms with E-state index in [4.69, 9.17) is 21.4 Å². The summed E-state index contributed by atoms with van der Waals surface area (Å²) in [5.74, 6) is 4.92. The van der Waals surface area contributed by atoms with Crippen LogP contribution < -0.4 is 9.46 Å². The van der Waals surface area contributed by atoms with E-state index in [-0.39, 0.29) is 10.6 Å². The summed E-state index contributed by atoms with van der Waals surface area (Å²) in [5, 5.41) is 9.16. The number of carboxylic acid groups (broad SMARTS) is 1. The van der Waals surface area contributed by atoms with Gasteiger partial charge in [-0.2, -0.15) is 0 Å². The summed E-state index contributed by atoms with van der Waals surface area (Å²) in [6.07, 6.45) is 0. The summed E-state index contributed by atoms with van der Waals surface area (Å²) in [6.45, 7) is 1.30. The minimum atomic E-state index is -3.58. The number of nitrogens with one attached hydrogen (secondary N) is 1. The maximum atomic E-state index is 11.9. The first-order valence-corrected chi connectivity index (χ1v) is 9.29. The number of aliphatic carboxylic acids is 1. The summed E-state index contributed by atoms with van der Waals surface area (Å²) in [6, 6.07) is 9.27. The van der Waals surface area contributed by atoms with Gasteiger partial charge in [0, 0.05) is 10.6 Å². The van der Waals surface area contributed by atoms with E-state index < -0.39 is 22.6 Å². The normalized spacial score (nSPS) is 10.7. The Morgan fingerprint density at radius 3 is 2.54 bits per heavy atom. The van der Waals surface area contributed by atoms with Crippen molar-refractivity contribution in [3.05, 3.63) is 58.1 Å². The maximum Gasteiger partial charge on any atom is 0.341 e. The molecule has 26 heavy (non-hydrogen) atoms. The van der Waals surface area contributed by atoms with E-state index in [2.05, 4.69) is 16.6 Å². The highest BCUT2D eigenvalue weighted by Gasteiger charge is 2.12. The molecular formula is C18H16ClNO5S. The van der Waals surface area contributed by atoms with Gasteiger partial charge in [-0.1, -0.05) is 29.5 Å². The molecule has 8 heteroatoms. The first kappa shape index (κ1) is 19.8. The monoisotopic (exact) mass is 393 g/mol. The predicted octanol–water partition coefficient (Wildman–Crippen LogP) is 2.42. The second-order valence-corrected chi connectivity index (χ2v) is 7.58. The van der Waals surface area contributed by atoms with Crippen LogP contribution in [0.25, 0.3) is 0 Å². The lowest BCUT2D eigenvalue weighted by Crippen LogP contribution is -2.18. The van der Waals surface area contributed by atoms with E-state index in [1.54, 1.807) is 25.1 Å². The number of hydrogen-bond donors (Lipinski definition) is 2. The topological polar surface area (TPSA) is 92.7 Å². The molecule has 0 radical (unpaired) electrons. The van der Waals surface area contributed by atoms with Crippen molar-refractivity contribution in [1.29, 1.82) is 0 Å². The second kappa shape index (κ2) is 8.23. The number of carboxylic acids is 1. The van der Waals surface area contributed by atoms with Gasteiger partial charge in [-0.15, -0.1) is 0 Å². The highest BCUT2D eigenvalue weighted by atomic mass is 35.5. The number of benzene rings is 2. The van der Waals surface area contributed by atoms with Gasteiger partial charge in [0.05, 0.1) is 10.5 Å². The number of aryl methyl sites for hydroxylation is 1. The van der Waals surface area contributed by atoms with E-state index in [0.29, 0.717) is 16.1 Å². The second-order valence-electron chi connectivity index (χ2n) is 5.26. The first-order valence-electron chi connectivity index (χ1n) is 7.43. The van der Waals surface area contributed by atoms with E-state index in [0.717, 1.165) is 5.56 Å². The smallest absolute Gasteiger partial charge is 0.341 e. The third kappa shape index (κ3) is 4.99. The fraction of sp³-hybridized carbons (Fsp3) is 0.167. The fourth-order valence-corrected chi connectivity index (χ4v) is 2.95. The van der Waals surface area contributed by atoms with Crippen molar-refractivity contribution in [2.45, 2.75) is 11.8 Å². The largest absolute Gasteiger partial charge is 0.481 e. The van der Waals surface area contributed by atoms with Gasteiger partial charge in [-0.05, 0) is 49.9 Å². The highest BCUT2D eigenvalue weighted by molar-refractivity contribution is 7.89. The number of halogens is 1. The molecule has 0 amide bonds. The first-order chi connectivity index (χ1) is 12.2. The van der Waals surface area contributed by atoms with Crippen LogP contribution >= 0.6 is 11.6 Å². The third-order valence-electron chi connectivity index (χ3n) is 3.41. The van der Waals surface area contributed by atoms with E-state index in [1.165, 1.54) is 25.2 Å². The molecule has 6 nitrogen and oxygen atoms in total. The number of ether oxygens (including phenoxy) is 1.